The van der Waals surface area contributed by atoms with Crippen LogP contribution in [-0.4, -0.2) is 32.3 Å². The quantitative estimate of drug-likeness (QED) is 0.338. The molecule has 25 heavy (non-hydrogen) atoms. The fourth-order valence-electron chi connectivity index (χ4n) is 2.51. The maximum absolute atomic E-state index is 12.6. The first-order valence-electron chi connectivity index (χ1n) is 7.88. The van der Waals surface area contributed by atoms with Gasteiger partial charge in [-0.1, -0.05) is 6.92 Å². The van der Waals surface area contributed by atoms with E-state index in [-0.39, 0.29) is 0 Å². The fraction of sp³-hybridized carbons (Fsp3) is 1.00. The van der Waals surface area contributed by atoms with Crippen LogP contribution < -0.4 is 4.98 Å². The van der Waals surface area contributed by atoms with Gasteiger partial charge in [-0.05, 0) is 38.4 Å². The summed E-state index contributed by atoms with van der Waals surface area (Å²) in [5, 5.41) is 0. The molecule has 0 bridgehead atoms. The molecule has 0 spiro atoms. The summed E-state index contributed by atoms with van der Waals surface area (Å²) in [7, 11) is -3.69. The molecule has 0 aliphatic rings. The summed E-state index contributed by atoms with van der Waals surface area (Å²) < 4.78 is 113. The molecule has 0 radical (unpaired) electrons. The Bertz CT molecular complexity index is 353. The maximum atomic E-state index is 12.6. The predicted octanol–water partition coefficient (Wildman–Crippen LogP) is 6.57. The molecule has 0 atom stereocenters. The second-order valence-electron chi connectivity index (χ2n) is 6.99. The summed E-state index contributed by atoms with van der Waals surface area (Å²) in [6.07, 6.45) is -17.7. The summed E-state index contributed by atoms with van der Waals surface area (Å²) in [6, 6.07) is -2.11. The Morgan fingerprint density at radius 1 is 0.640 bits per heavy atom. The third kappa shape index (κ3) is 12.5. The molecule has 0 heterocycles. The minimum Gasteiger partial charge on any atom is -0.332 e. The zero-order chi connectivity index (χ0) is 20.2. The van der Waals surface area contributed by atoms with Crippen molar-refractivity contribution in [1.82, 2.24) is 4.98 Å². The van der Waals surface area contributed by atoms with Crippen LogP contribution in [-0.2, 0) is 0 Å². The summed E-state index contributed by atoms with van der Waals surface area (Å²) in [5.74, 6) is 0. The van der Waals surface area contributed by atoms with E-state index in [1.165, 1.54) is 0 Å². The molecule has 0 aliphatic carbocycles. The van der Waals surface area contributed by atoms with Crippen LogP contribution in [0.2, 0.25) is 18.1 Å². The van der Waals surface area contributed by atoms with Gasteiger partial charge in [0.1, 0.15) is 8.24 Å². The van der Waals surface area contributed by atoms with Gasteiger partial charge in [0.05, 0.1) is 0 Å². The number of halogens is 9. The van der Waals surface area contributed by atoms with Crippen LogP contribution >= 0.6 is 0 Å². The van der Waals surface area contributed by atoms with Crippen molar-refractivity contribution in [2.24, 2.45) is 0 Å². The molecule has 1 N–H and O–H groups in total. The molecule has 152 valence electrons. The summed E-state index contributed by atoms with van der Waals surface area (Å²) in [4.78, 5) is 2.81. The zero-order valence-corrected chi connectivity index (χ0v) is 15.4. The molecule has 1 nitrogen and oxygen atoms in total. The van der Waals surface area contributed by atoms with Crippen LogP contribution in [0.5, 0.6) is 0 Å². The van der Waals surface area contributed by atoms with Crippen molar-refractivity contribution in [1.29, 1.82) is 0 Å². The van der Waals surface area contributed by atoms with Crippen LogP contribution in [0.4, 0.5) is 39.5 Å². The van der Waals surface area contributed by atoms with Crippen LogP contribution in [0.3, 0.4) is 0 Å². The monoisotopic (exact) mass is 405 g/mol. The highest BCUT2D eigenvalue weighted by Crippen LogP contribution is 2.37. The highest BCUT2D eigenvalue weighted by Gasteiger charge is 2.45. The average Bonchev–Trinajstić information content (AvgIpc) is 2.38. The van der Waals surface area contributed by atoms with E-state index in [1.807, 2.05) is 0 Å². The third-order valence-corrected chi connectivity index (χ3v) is 8.98. The lowest BCUT2D eigenvalue weighted by atomic mass is 10.0. The van der Waals surface area contributed by atoms with Crippen molar-refractivity contribution < 1.29 is 39.5 Å². The second kappa shape index (κ2) is 8.49. The number of alkyl halides is 9. The number of nitrogens with one attached hydrogen (secondary N) is 1. The van der Waals surface area contributed by atoms with Crippen molar-refractivity contribution >= 4 is 8.24 Å². The van der Waals surface area contributed by atoms with Crippen molar-refractivity contribution in [3.05, 3.63) is 0 Å². The van der Waals surface area contributed by atoms with E-state index in [9.17, 15) is 39.5 Å². The Kier molecular flexibility index (Phi) is 8.34. The van der Waals surface area contributed by atoms with E-state index < -0.39 is 69.7 Å². The molecular weight excluding hydrogens is 381 g/mol. The van der Waals surface area contributed by atoms with Gasteiger partial charge in [-0.15, -0.1) is 0 Å². The van der Waals surface area contributed by atoms with Crippen LogP contribution in [0, 0.1) is 0 Å². The SMILES string of the molecule is CCC(C)(C)N[Si](CCC(F)(F)F)(CCC(F)(F)F)CCC(F)(F)F. The number of hydrogen-bond acceptors (Lipinski definition) is 1. The molecule has 0 aromatic heterocycles. The van der Waals surface area contributed by atoms with Gasteiger partial charge < -0.3 is 4.98 Å². The smallest absolute Gasteiger partial charge is 0.332 e. The Labute approximate surface area is 142 Å². The summed E-state index contributed by atoms with van der Waals surface area (Å²) in [5.41, 5.74) is -0.838. The third-order valence-electron chi connectivity index (χ3n) is 4.15. The van der Waals surface area contributed by atoms with Gasteiger partial charge in [0, 0.05) is 24.8 Å². The van der Waals surface area contributed by atoms with Crippen molar-refractivity contribution in [2.75, 3.05) is 0 Å². The van der Waals surface area contributed by atoms with Gasteiger partial charge in [0.15, 0.2) is 0 Å². The minimum atomic E-state index is -4.63. The first kappa shape index (κ1) is 24.5. The summed E-state index contributed by atoms with van der Waals surface area (Å²) >= 11 is 0. The van der Waals surface area contributed by atoms with Crippen molar-refractivity contribution in [3.63, 3.8) is 0 Å². The molecule has 0 aromatic rings. The minimum absolute atomic E-state index is 0.367. The van der Waals surface area contributed by atoms with Crippen LogP contribution in [0.1, 0.15) is 46.5 Å². The van der Waals surface area contributed by atoms with E-state index in [2.05, 4.69) is 4.98 Å². The van der Waals surface area contributed by atoms with E-state index in [4.69, 9.17) is 0 Å². The van der Waals surface area contributed by atoms with Crippen LogP contribution in [0.15, 0.2) is 0 Å². The van der Waals surface area contributed by atoms with E-state index in [0.717, 1.165) is 0 Å². The molecule has 0 amide bonds. The lowest BCUT2D eigenvalue weighted by Crippen LogP contribution is -2.60. The lowest BCUT2D eigenvalue weighted by molar-refractivity contribution is -0.132. The average molecular weight is 405 g/mol. The molecule has 0 rings (SSSR count). The second-order valence-corrected chi connectivity index (χ2v) is 11.3. The van der Waals surface area contributed by atoms with Gasteiger partial charge >= 0.3 is 18.5 Å². The first-order valence-corrected chi connectivity index (χ1v) is 10.5. The van der Waals surface area contributed by atoms with Gasteiger partial charge in [0.25, 0.3) is 0 Å². The number of hydrogen-bond donors (Lipinski definition) is 1. The van der Waals surface area contributed by atoms with Gasteiger partial charge in [0.2, 0.25) is 0 Å². The van der Waals surface area contributed by atoms with E-state index >= 15 is 0 Å². The molecule has 0 saturated carbocycles. The molecule has 0 aromatic carbocycles. The fourth-order valence-corrected chi connectivity index (χ4v) is 7.54. The van der Waals surface area contributed by atoms with Gasteiger partial charge in [-0.2, -0.15) is 39.5 Å². The van der Waals surface area contributed by atoms with Crippen LogP contribution in [0.25, 0.3) is 0 Å². The topological polar surface area (TPSA) is 12.0 Å². The zero-order valence-electron chi connectivity index (χ0n) is 14.4. The Balaban J connectivity index is 5.56. The molecular formula is C14H24F9NSi. The Morgan fingerprint density at radius 2 is 0.920 bits per heavy atom. The highest BCUT2D eigenvalue weighted by atomic mass is 28.3. The van der Waals surface area contributed by atoms with E-state index in [1.54, 1.807) is 20.8 Å². The molecule has 0 unspecified atom stereocenters. The molecule has 0 saturated heterocycles. The molecule has 0 aliphatic heterocycles. The van der Waals surface area contributed by atoms with Crippen molar-refractivity contribution in [2.45, 2.75) is 88.7 Å². The lowest BCUT2D eigenvalue weighted by Gasteiger charge is -2.41. The standard InChI is InChI=1S/C14H24F9NSi/c1-4-11(2,3)24-25(8-5-12(15,16)17,9-6-13(18,19)20)10-7-14(21,22)23/h24H,4-10H2,1-3H3. The first-order chi connectivity index (χ1) is 10.9. The molecule has 11 heteroatoms. The highest BCUT2D eigenvalue weighted by molar-refractivity contribution is 6.77. The Hall–Kier alpha value is -0.453. The molecule has 0 fully saturated rings. The predicted molar refractivity (Wildman–Crippen MR) is 79.7 cm³/mol. The Morgan fingerprint density at radius 3 is 1.12 bits per heavy atom. The number of rotatable bonds is 9. The summed E-state index contributed by atoms with van der Waals surface area (Å²) in [6.45, 7) is 4.82. The van der Waals surface area contributed by atoms with E-state index in [0.29, 0.717) is 6.42 Å². The largest absolute Gasteiger partial charge is 0.388 e. The van der Waals surface area contributed by atoms with Crippen molar-refractivity contribution in [3.8, 4) is 0 Å². The normalized spacial score (nSPS) is 14.9. The maximum Gasteiger partial charge on any atom is 0.388 e. The van der Waals surface area contributed by atoms with Gasteiger partial charge in [-0.3, -0.25) is 0 Å². The van der Waals surface area contributed by atoms with Gasteiger partial charge in [-0.25, -0.2) is 0 Å².